The zero-order valence-electron chi connectivity index (χ0n) is 16.1. The molecule has 0 saturated heterocycles. The van der Waals surface area contributed by atoms with Crippen LogP contribution >= 0.6 is 0 Å². The number of carbonyl (C=O) groups is 1. The first kappa shape index (κ1) is 18.0. The Labute approximate surface area is 161 Å². The summed E-state index contributed by atoms with van der Waals surface area (Å²) in [7, 11) is 0. The fourth-order valence-electron chi connectivity index (χ4n) is 3.45. The predicted molar refractivity (Wildman–Crippen MR) is 108 cm³/mol. The lowest BCUT2D eigenvalue weighted by Gasteiger charge is -2.19. The topological polar surface area (TPSA) is 79.2 Å². The minimum absolute atomic E-state index is 0.199. The molecule has 0 saturated carbocycles. The van der Waals surface area contributed by atoms with Crippen LogP contribution in [0.2, 0.25) is 0 Å². The zero-order chi connectivity index (χ0) is 19.8. The number of H-pyrrole nitrogens is 1. The molecule has 0 atom stereocenters. The first-order valence-corrected chi connectivity index (χ1v) is 9.25. The average molecular weight is 375 g/mol. The maximum atomic E-state index is 13.1. The van der Waals surface area contributed by atoms with Gasteiger partial charge in [-0.1, -0.05) is 30.3 Å². The zero-order valence-corrected chi connectivity index (χ0v) is 16.1. The molecule has 1 N–H and O–H groups in total. The molecule has 2 aromatic heterocycles. The van der Waals surface area contributed by atoms with Crippen molar-refractivity contribution in [3.05, 3.63) is 75.5 Å². The number of furan rings is 1. The molecule has 1 amide bonds. The van der Waals surface area contributed by atoms with Crippen LogP contribution in [0.4, 0.5) is 0 Å². The maximum Gasteiger partial charge on any atom is 0.290 e. The number of carbonyl (C=O) groups excluding carboxylic acids is 1. The third kappa shape index (κ3) is 2.97. The van der Waals surface area contributed by atoms with Crippen LogP contribution in [-0.4, -0.2) is 27.3 Å². The lowest BCUT2D eigenvalue weighted by Crippen LogP contribution is -2.32. The van der Waals surface area contributed by atoms with Crippen molar-refractivity contribution in [3.63, 3.8) is 0 Å². The molecule has 2 aromatic carbocycles. The SMILES string of the molecule is CCN(Cc1nc2ccccc2c(=O)[nH]1)C(=O)c1oc2c(C)cccc2c1C. The van der Waals surface area contributed by atoms with Crippen molar-refractivity contribution >= 4 is 27.8 Å². The van der Waals surface area contributed by atoms with Gasteiger partial charge in [0.1, 0.15) is 11.4 Å². The molecule has 4 rings (SSSR count). The summed E-state index contributed by atoms with van der Waals surface area (Å²) < 4.78 is 5.92. The minimum Gasteiger partial charge on any atom is -0.450 e. The predicted octanol–water partition coefficient (Wildman–Crippen LogP) is 3.95. The van der Waals surface area contributed by atoms with Crippen LogP contribution in [0.25, 0.3) is 21.9 Å². The van der Waals surface area contributed by atoms with Gasteiger partial charge in [-0.15, -0.1) is 0 Å². The number of hydrogen-bond donors (Lipinski definition) is 1. The summed E-state index contributed by atoms with van der Waals surface area (Å²) in [4.78, 5) is 34.3. The van der Waals surface area contributed by atoms with Crippen molar-refractivity contribution in [2.45, 2.75) is 27.3 Å². The van der Waals surface area contributed by atoms with E-state index in [0.29, 0.717) is 29.0 Å². The van der Waals surface area contributed by atoms with Crippen LogP contribution in [0.3, 0.4) is 0 Å². The largest absolute Gasteiger partial charge is 0.450 e. The minimum atomic E-state index is -0.216. The lowest BCUT2D eigenvalue weighted by molar-refractivity contribution is 0.0717. The highest BCUT2D eigenvalue weighted by molar-refractivity contribution is 5.99. The standard InChI is InChI=1S/C22H21N3O3/c1-4-25(12-18-23-17-11-6-5-9-16(17)21(26)24-18)22(27)20-14(3)15-10-7-8-13(2)19(15)28-20/h5-11H,4,12H2,1-3H3,(H,23,24,26). The van der Waals surface area contributed by atoms with Crippen LogP contribution in [0.15, 0.2) is 51.7 Å². The fraction of sp³-hybridized carbons (Fsp3) is 0.227. The van der Waals surface area contributed by atoms with Gasteiger partial charge in [-0.05, 0) is 38.5 Å². The van der Waals surface area contributed by atoms with Crippen molar-refractivity contribution < 1.29 is 9.21 Å². The van der Waals surface area contributed by atoms with Gasteiger partial charge in [0.05, 0.1) is 17.4 Å². The highest BCUT2D eigenvalue weighted by Crippen LogP contribution is 2.28. The maximum absolute atomic E-state index is 13.1. The van der Waals surface area contributed by atoms with E-state index in [2.05, 4.69) is 9.97 Å². The Morgan fingerprint density at radius 3 is 2.61 bits per heavy atom. The Kier molecular flexibility index (Phi) is 4.47. The van der Waals surface area contributed by atoms with Crippen molar-refractivity contribution in [1.82, 2.24) is 14.9 Å². The first-order chi connectivity index (χ1) is 13.5. The van der Waals surface area contributed by atoms with Gasteiger partial charge in [0, 0.05) is 17.5 Å². The molecule has 0 fully saturated rings. The van der Waals surface area contributed by atoms with Crippen molar-refractivity contribution in [1.29, 1.82) is 0 Å². The van der Waals surface area contributed by atoms with E-state index in [1.807, 2.05) is 45.0 Å². The molecule has 6 heteroatoms. The van der Waals surface area contributed by atoms with Crippen LogP contribution in [0.1, 0.15) is 34.4 Å². The number of hydrogen-bond acceptors (Lipinski definition) is 4. The van der Waals surface area contributed by atoms with E-state index in [9.17, 15) is 9.59 Å². The van der Waals surface area contributed by atoms with Gasteiger partial charge in [-0.3, -0.25) is 9.59 Å². The molecule has 0 bridgehead atoms. The number of aromatic amines is 1. The van der Waals surface area contributed by atoms with Crippen LogP contribution in [0, 0.1) is 13.8 Å². The number of amides is 1. The lowest BCUT2D eigenvalue weighted by atomic mass is 10.1. The van der Waals surface area contributed by atoms with E-state index in [1.165, 1.54) is 0 Å². The number of rotatable bonds is 4. The van der Waals surface area contributed by atoms with Gasteiger partial charge in [0.2, 0.25) is 0 Å². The Morgan fingerprint density at radius 1 is 1.11 bits per heavy atom. The smallest absolute Gasteiger partial charge is 0.290 e. The molecule has 0 aliphatic heterocycles. The Morgan fingerprint density at radius 2 is 1.86 bits per heavy atom. The Bertz CT molecular complexity index is 1250. The van der Waals surface area contributed by atoms with Gasteiger partial charge in [0.15, 0.2) is 5.76 Å². The van der Waals surface area contributed by atoms with E-state index < -0.39 is 0 Å². The van der Waals surface area contributed by atoms with Crippen molar-refractivity contribution in [2.24, 2.45) is 0 Å². The average Bonchev–Trinajstić information content (AvgIpc) is 3.04. The van der Waals surface area contributed by atoms with E-state index in [0.717, 1.165) is 22.1 Å². The summed E-state index contributed by atoms with van der Waals surface area (Å²) >= 11 is 0. The normalized spacial score (nSPS) is 11.2. The Balaban J connectivity index is 1.70. The van der Waals surface area contributed by atoms with Gasteiger partial charge >= 0.3 is 0 Å². The number of para-hydroxylation sites is 2. The molecule has 0 radical (unpaired) electrons. The second kappa shape index (κ2) is 6.96. The van der Waals surface area contributed by atoms with Gasteiger partial charge in [0.25, 0.3) is 11.5 Å². The number of fused-ring (bicyclic) bond motifs is 2. The van der Waals surface area contributed by atoms with Crippen LogP contribution in [-0.2, 0) is 6.54 Å². The number of aromatic nitrogens is 2. The summed E-state index contributed by atoms with van der Waals surface area (Å²) in [6.07, 6.45) is 0. The number of aryl methyl sites for hydroxylation is 2. The third-order valence-electron chi connectivity index (χ3n) is 5.03. The molecule has 4 aromatic rings. The number of nitrogens with zero attached hydrogens (tertiary/aromatic N) is 2. The molecular weight excluding hydrogens is 354 g/mol. The monoisotopic (exact) mass is 375 g/mol. The molecule has 2 heterocycles. The molecule has 6 nitrogen and oxygen atoms in total. The molecule has 0 spiro atoms. The highest BCUT2D eigenvalue weighted by Gasteiger charge is 2.23. The van der Waals surface area contributed by atoms with E-state index in [1.54, 1.807) is 23.1 Å². The van der Waals surface area contributed by atoms with E-state index in [-0.39, 0.29) is 18.0 Å². The number of nitrogens with one attached hydrogen (secondary N) is 1. The van der Waals surface area contributed by atoms with Crippen LogP contribution in [0.5, 0.6) is 0 Å². The summed E-state index contributed by atoms with van der Waals surface area (Å²) in [5, 5.41) is 1.47. The van der Waals surface area contributed by atoms with Crippen LogP contribution < -0.4 is 5.56 Å². The highest BCUT2D eigenvalue weighted by atomic mass is 16.3. The third-order valence-corrected chi connectivity index (χ3v) is 5.03. The second-order valence-corrected chi connectivity index (χ2v) is 6.86. The van der Waals surface area contributed by atoms with E-state index in [4.69, 9.17) is 4.42 Å². The molecule has 0 aliphatic rings. The molecular formula is C22H21N3O3. The van der Waals surface area contributed by atoms with Gasteiger partial charge in [-0.2, -0.15) is 0 Å². The Hall–Kier alpha value is -3.41. The van der Waals surface area contributed by atoms with Gasteiger partial charge < -0.3 is 14.3 Å². The van der Waals surface area contributed by atoms with Gasteiger partial charge in [-0.25, -0.2) is 4.98 Å². The summed E-state index contributed by atoms with van der Waals surface area (Å²) in [5.74, 6) is 0.560. The quantitative estimate of drug-likeness (QED) is 0.586. The van der Waals surface area contributed by atoms with E-state index >= 15 is 0 Å². The molecule has 0 aliphatic carbocycles. The second-order valence-electron chi connectivity index (χ2n) is 6.86. The fourth-order valence-corrected chi connectivity index (χ4v) is 3.45. The summed E-state index contributed by atoms with van der Waals surface area (Å²) in [6, 6.07) is 13.0. The molecule has 142 valence electrons. The molecule has 28 heavy (non-hydrogen) atoms. The number of benzene rings is 2. The van der Waals surface area contributed by atoms with Crippen molar-refractivity contribution in [2.75, 3.05) is 6.54 Å². The van der Waals surface area contributed by atoms with Crippen molar-refractivity contribution in [3.8, 4) is 0 Å². The first-order valence-electron chi connectivity index (χ1n) is 9.25. The summed E-state index contributed by atoms with van der Waals surface area (Å²) in [5.41, 5.74) is 2.95. The molecule has 0 unspecified atom stereocenters. The summed E-state index contributed by atoms with van der Waals surface area (Å²) in [6.45, 7) is 6.40.